The average Bonchev–Trinajstić information content (AvgIpc) is 2.36. The van der Waals surface area contributed by atoms with Crippen LogP contribution in [0.25, 0.3) is 0 Å². The van der Waals surface area contributed by atoms with Crippen LogP contribution >= 0.6 is 11.6 Å². The molecule has 1 fully saturated rings. The molecular weight excluding hydrogens is 300 g/mol. The lowest BCUT2D eigenvalue weighted by atomic mass is 9.69. The number of carboxylic acids is 1. The summed E-state index contributed by atoms with van der Waals surface area (Å²) in [7, 11) is 0. The largest absolute Gasteiger partial charge is 0.481 e. The van der Waals surface area contributed by atoms with E-state index >= 15 is 0 Å². The monoisotopic (exact) mass is 312 g/mol. The fraction of sp³-hybridized carbons (Fsp3) is 0.385. The predicted octanol–water partition coefficient (Wildman–Crippen LogP) is 2.23. The number of nitrogens with one attached hydrogen (secondary N) is 1. The van der Waals surface area contributed by atoms with Crippen LogP contribution in [0.5, 0.6) is 0 Å². The highest BCUT2D eigenvalue weighted by atomic mass is 35.5. The molecule has 0 aliphatic heterocycles. The van der Waals surface area contributed by atoms with Gasteiger partial charge in [0.1, 0.15) is 5.56 Å². The summed E-state index contributed by atoms with van der Waals surface area (Å²) in [5.74, 6) is -1.71. The number of rotatable bonds is 5. The van der Waals surface area contributed by atoms with Crippen molar-refractivity contribution in [3.8, 4) is 0 Å². The molecule has 2 N–H and O–H groups in total. The average molecular weight is 313 g/mol. The van der Waals surface area contributed by atoms with Gasteiger partial charge >= 0.3 is 5.97 Å². The molecule has 0 unspecified atom stereocenters. The van der Waals surface area contributed by atoms with Crippen LogP contribution in [-0.2, 0) is 4.79 Å². The number of hydrogen-bond donors (Lipinski definition) is 2. The highest BCUT2D eigenvalue weighted by Crippen LogP contribution is 2.40. The SMILES string of the molecule is O=C(NCC1(C(=O)O)CCC1)c1c(Cl)cccc1[N+](=O)[O-]. The smallest absolute Gasteiger partial charge is 0.311 e. The van der Waals surface area contributed by atoms with E-state index in [-0.39, 0.29) is 17.1 Å². The Morgan fingerprint density at radius 1 is 1.43 bits per heavy atom. The van der Waals surface area contributed by atoms with Crippen molar-refractivity contribution in [2.24, 2.45) is 5.41 Å². The van der Waals surface area contributed by atoms with Crippen molar-refractivity contribution in [3.05, 3.63) is 38.9 Å². The first-order chi connectivity index (χ1) is 9.87. The summed E-state index contributed by atoms with van der Waals surface area (Å²) < 4.78 is 0. The van der Waals surface area contributed by atoms with Crippen molar-refractivity contribution in [1.29, 1.82) is 0 Å². The molecule has 0 atom stereocenters. The lowest BCUT2D eigenvalue weighted by molar-refractivity contribution is -0.385. The number of carbonyl (C=O) groups excluding carboxylic acids is 1. The highest BCUT2D eigenvalue weighted by molar-refractivity contribution is 6.34. The number of nitrogens with zero attached hydrogens (tertiary/aromatic N) is 1. The fourth-order valence-electron chi connectivity index (χ4n) is 2.30. The van der Waals surface area contributed by atoms with Crippen molar-refractivity contribution in [2.75, 3.05) is 6.54 Å². The number of carbonyl (C=O) groups is 2. The Balaban J connectivity index is 2.18. The Morgan fingerprint density at radius 2 is 2.10 bits per heavy atom. The third kappa shape index (κ3) is 2.82. The molecule has 0 radical (unpaired) electrons. The molecule has 1 aromatic carbocycles. The van der Waals surface area contributed by atoms with Crippen LogP contribution in [0.4, 0.5) is 5.69 Å². The van der Waals surface area contributed by atoms with E-state index in [1.807, 2.05) is 0 Å². The van der Waals surface area contributed by atoms with Crippen molar-refractivity contribution in [3.63, 3.8) is 0 Å². The van der Waals surface area contributed by atoms with Crippen LogP contribution in [0, 0.1) is 15.5 Å². The minimum absolute atomic E-state index is 0.0420. The van der Waals surface area contributed by atoms with Crippen molar-refractivity contribution >= 4 is 29.2 Å². The number of nitro benzene ring substituents is 1. The van der Waals surface area contributed by atoms with E-state index in [0.717, 1.165) is 6.42 Å². The van der Waals surface area contributed by atoms with E-state index in [4.69, 9.17) is 11.6 Å². The lowest BCUT2D eigenvalue weighted by Crippen LogP contribution is -2.47. The molecule has 0 bridgehead atoms. The summed E-state index contributed by atoms with van der Waals surface area (Å²) in [6, 6.07) is 3.93. The number of benzene rings is 1. The molecule has 1 aliphatic rings. The van der Waals surface area contributed by atoms with Gasteiger partial charge in [0.25, 0.3) is 11.6 Å². The van der Waals surface area contributed by atoms with Crippen molar-refractivity contribution in [2.45, 2.75) is 19.3 Å². The van der Waals surface area contributed by atoms with Gasteiger partial charge in [0.05, 0.1) is 15.4 Å². The van der Waals surface area contributed by atoms with E-state index in [1.54, 1.807) is 0 Å². The summed E-state index contributed by atoms with van der Waals surface area (Å²) in [5, 5.41) is 22.5. The first-order valence-corrected chi connectivity index (χ1v) is 6.70. The van der Waals surface area contributed by atoms with Crippen LogP contribution in [-0.4, -0.2) is 28.5 Å². The Morgan fingerprint density at radius 3 is 2.57 bits per heavy atom. The van der Waals surface area contributed by atoms with Gasteiger partial charge in [-0.05, 0) is 18.9 Å². The maximum atomic E-state index is 12.1. The maximum Gasteiger partial charge on any atom is 0.311 e. The zero-order valence-electron chi connectivity index (χ0n) is 11.0. The molecule has 1 aliphatic carbocycles. The van der Waals surface area contributed by atoms with Gasteiger partial charge in [-0.3, -0.25) is 19.7 Å². The number of hydrogen-bond acceptors (Lipinski definition) is 4. The lowest BCUT2D eigenvalue weighted by Gasteiger charge is -2.37. The maximum absolute atomic E-state index is 12.1. The zero-order chi connectivity index (χ0) is 15.6. The van der Waals surface area contributed by atoms with E-state index in [2.05, 4.69) is 5.32 Å². The second kappa shape index (κ2) is 5.69. The normalized spacial score (nSPS) is 15.9. The minimum atomic E-state index is -0.970. The van der Waals surface area contributed by atoms with Crippen LogP contribution < -0.4 is 5.32 Å². The fourth-order valence-corrected chi connectivity index (χ4v) is 2.55. The van der Waals surface area contributed by atoms with Gasteiger partial charge in [-0.2, -0.15) is 0 Å². The molecule has 21 heavy (non-hydrogen) atoms. The Hall–Kier alpha value is -2.15. The van der Waals surface area contributed by atoms with Gasteiger partial charge in [-0.1, -0.05) is 24.1 Å². The molecule has 2 rings (SSSR count). The topological polar surface area (TPSA) is 110 Å². The van der Waals surface area contributed by atoms with Crippen LogP contribution in [0.3, 0.4) is 0 Å². The molecule has 7 nitrogen and oxygen atoms in total. The highest BCUT2D eigenvalue weighted by Gasteiger charge is 2.44. The molecule has 0 heterocycles. The second-order valence-electron chi connectivity index (χ2n) is 5.01. The van der Waals surface area contributed by atoms with Gasteiger partial charge in [0.15, 0.2) is 0 Å². The summed E-state index contributed by atoms with van der Waals surface area (Å²) in [6.07, 6.45) is 1.74. The summed E-state index contributed by atoms with van der Waals surface area (Å²) in [5.41, 5.74) is -1.62. The molecule has 1 amide bonds. The van der Waals surface area contributed by atoms with Crippen LogP contribution in [0.15, 0.2) is 18.2 Å². The molecule has 8 heteroatoms. The molecule has 0 spiro atoms. The number of halogens is 1. The number of nitro groups is 1. The molecule has 0 saturated heterocycles. The van der Waals surface area contributed by atoms with Crippen LogP contribution in [0.2, 0.25) is 5.02 Å². The predicted molar refractivity (Wildman–Crippen MR) is 74.4 cm³/mol. The molecule has 0 aromatic heterocycles. The summed E-state index contributed by atoms with van der Waals surface area (Å²) in [4.78, 5) is 33.5. The van der Waals surface area contributed by atoms with Gasteiger partial charge in [-0.25, -0.2) is 0 Å². The summed E-state index contributed by atoms with van der Waals surface area (Å²) >= 11 is 5.85. The molecule has 112 valence electrons. The third-order valence-electron chi connectivity index (χ3n) is 3.77. The first kappa shape index (κ1) is 15.2. The standard InChI is InChI=1S/C13H13ClN2O5/c14-8-3-1-4-9(16(20)21)10(8)11(17)15-7-13(12(18)19)5-2-6-13/h1,3-4H,2,5-7H2,(H,15,17)(H,18,19). The van der Waals surface area contributed by atoms with Crippen molar-refractivity contribution in [1.82, 2.24) is 5.32 Å². The first-order valence-electron chi connectivity index (χ1n) is 6.32. The molecular formula is C13H13ClN2O5. The van der Waals surface area contributed by atoms with Crippen molar-refractivity contribution < 1.29 is 19.6 Å². The minimum Gasteiger partial charge on any atom is -0.481 e. The van der Waals surface area contributed by atoms with Gasteiger partial charge in [0.2, 0.25) is 0 Å². The molecule has 1 aromatic rings. The van der Waals surface area contributed by atoms with Gasteiger partial charge in [0, 0.05) is 12.6 Å². The Bertz CT molecular complexity index is 613. The quantitative estimate of drug-likeness (QED) is 0.640. The van der Waals surface area contributed by atoms with E-state index < -0.39 is 27.9 Å². The number of aliphatic carboxylic acids is 1. The number of amides is 1. The van der Waals surface area contributed by atoms with Crippen LogP contribution in [0.1, 0.15) is 29.6 Å². The Labute approximate surface area is 125 Å². The third-order valence-corrected chi connectivity index (χ3v) is 4.08. The molecule has 1 saturated carbocycles. The second-order valence-corrected chi connectivity index (χ2v) is 5.42. The van der Waals surface area contributed by atoms with Gasteiger partial charge in [-0.15, -0.1) is 0 Å². The number of carboxylic acid groups (broad SMARTS) is 1. The Kier molecular flexibility index (Phi) is 4.13. The van der Waals surface area contributed by atoms with E-state index in [9.17, 15) is 24.8 Å². The van der Waals surface area contributed by atoms with Gasteiger partial charge < -0.3 is 10.4 Å². The van der Waals surface area contributed by atoms with E-state index in [1.165, 1.54) is 18.2 Å². The van der Waals surface area contributed by atoms with E-state index in [0.29, 0.717) is 12.8 Å². The summed E-state index contributed by atoms with van der Waals surface area (Å²) in [6.45, 7) is -0.0659. The zero-order valence-corrected chi connectivity index (χ0v) is 11.7.